The van der Waals surface area contributed by atoms with Crippen LogP contribution in [0.15, 0.2) is 0 Å². The molecule has 0 bridgehead atoms. The molecule has 0 aromatic carbocycles. The van der Waals surface area contributed by atoms with E-state index in [-0.39, 0.29) is 0 Å². The minimum absolute atomic E-state index is 0.423. The van der Waals surface area contributed by atoms with Crippen molar-refractivity contribution in [2.24, 2.45) is 5.41 Å². The minimum Gasteiger partial charge on any atom is -0.315 e. The van der Waals surface area contributed by atoms with Crippen molar-refractivity contribution in [3.05, 3.63) is 0 Å². The number of nitrogens with one attached hydrogen (secondary N) is 1. The Balaban J connectivity index is 2.05. The standard InChI is InChI=1S/C16H33N3/c1-16(2)10-6-9-14(15(16)17-3)19(5)13-8-7-11-18(4)12-13/h13-15,17H,6-12H2,1-5H3. The molecule has 1 aliphatic carbocycles. The first kappa shape index (κ1) is 15.3. The highest BCUT2D eigenvalue weighted by Gasteiger charge is 2.41. The Morgan fingerprint density at radius 1 is 1.21 bits per heavy atom. The molecule has 2 aliphatic rings. The SMILES string of the molecule is CNC1C(N(C)C2CCCN(C)C2)CCCC1(C)C. The molecule has 0 aromatic rings. The van der Waals surface area contributed by atoms with Crippen molar-refractivity contribution in [2.75, 3.05) is 34.2 Å². The molecule has 1 aliphatic heterocycles. The van der Waals surface area contributed by atoms with Gasteiger partial charge < -0.3 is 10.2 Å². The number of likely N-dealkylation sites (N-methyl/N-ethyl adjacent to an activating group) is 3. The first-order valence-electron chi connectivity index (χ1n) is 8.03. The van der Waals surface area contributed by atoms with E-state index < -0.39 is 0 Å². The average molecular weight is 267 g/mol. The molecule has 3 atom stereocenters. The quantitative estimate of drug-likeness (QED) is 0.845. The van der Waals surface area contributed by atoms with E-state index in [1.54, 1.807) is 0 Å². The van der Waals surface area contributed by atoms with Gasteiger partial charge in [0.25, 0.3) is 0 Å². The molecule has 0 radical (unpaired) electrons. The molecule has 0 spiro atoms. The Morgan fingerprint density at radius 2 is 1.95 bits per heavy atom. The van der Waals surface area contributed by atoms with Gasteiger partial charge in [-0.3, -0.25) is 4.90 Å². The fourth-order valence-corrected chi connectivity index (χ4v) is 4.37. The van der Waals surface area contributed by atoms with Crippen LogP contribution in [0.3, 0.4) is 0 Å². The highest BCUT2D eigenvalue weighted by atomic mass is 15.2. The van der Waals surface area contributed by atoms with Crippen LogP contribution < -0.4 is 5.32 Å². The van der Waals surface area contributed by atoms with Crippen LogP contribution in [-0.2, 0) is 0 Å². The monoisotopic (exact) mass is 267 g/mol. The van der Waals surface area contributed by atoms with Crippen molar-refractivity contribution in [3.8, 4) is 0 Å². The fourth-order valence-electron chi connectivity index (χ4n) is 4.37. The maximum Gasteiger partial charge on any atom is 0.0271 e. The molecule has 1 saturated carbocycles. The summed E-state index contributed by atoms with van der Waals surface area (Å²) in [6, 6.07) is 2.07. The number of hydrogen-bond donors (Lipinski definition) is 1. The first-order valence-corrected chi connectivity index (χ1v) is 8.03. The van der Waals surface area contributed by atoms with Crippen molar-refractivity contribution < 1.29 is 0 Å². The lowest BCUT2D eigenvalue weighted by Gasteiger charge is -2.50. The Bertz CT molecular complexity index is 290. The predicted molar refractivity (Wildman–Crippen MR) is 82.5 cm³/mol. The van der Waals surface area contributed by atoms with Gasteiger partial charge in [-0.05, 0) is 58.8 Å². The molecule has 1 saturated heterocycles. The van der Waals surface area contributed by atoms with Gasteiger partial charge in [-0.1, -0.05) is 20.3 Å². The highest BCUT2D eigenvalue weighted by molar-refractivity contribution is 4.98. The summed E-state index contributed by atoms with van der Waals surface area (Å²) in [4.78, 5) is 5.19. The zero-order chi connectivity index (χ0) is 14.0. The largest absolute Gasteiger partial charge is 0.315 e. The smallest absolute Gasteiger partial charge is 0.0271 e. The van der Waals surface area contributed by atoms with E-state index in [2.05, 4.69) is 50.1 Å². The van der Waals surface area contributed by atoms with Gasteiger partial charge in [-0.15, -0.1) is 0 Å². The summed E-state index contributed by atoms with van der Waals surface area (Å²) in [5.74, 6) is 0. The Labute approximate surface area is 119 Å². The van der Waals surface area contributed by atoms with Crippen molar-refractivity contribution in [1.82, 2.24) is 15.1 Å². The number of piperidine rings is 1. The van der Waals surface area contributed by atoms with Gasteiger partial charge in [0.15, 0.2) is 0 Å². The van der Waals surface area contributed by atoms with Gasteiger partial charge in [-0.2, -0.15) is 0 Å². The molecule has 3 nitrogen and oxygen atoms in total. The topological polar surface area (TPSA) is 18.5 Å². The van der Waals surface area contributed by atoms with Gasteiger partial charge in [0, 0.05) is 24.7 Å². The third-order valence-corrected chi connectivity index (χ3v) is 5.56. The van der Waals surface area contributed by atoms with Crippen LogP contribution in [0, 0.1) is 5.41 Å². The zero-order valence-corrected chi connectivity index (χ0v) is 13.6. The van der Waals surface area contributed by atoms with Crippen LogP contribution in [-0.4, -0.2) is 62.2 Å². The molecular weight excluding hydrogens is 234 g/mol. The fraction of sp³-hybridized carbons (Fsp3) is 1.00. The van der Waals surface area contributed by atoms with Crippen LogP contribution in [0.2, 0.25) is 0 Å². The lowest BCUT2D eigenvalue weighted by molar-refractivity contribution is 0.0223. The molecule has 2 rings (SSSR count). The molecule has 1 heterocycles. The van der Waals surface area contributed by atoms with Crippen molar-refractivity contribution in [3.63, 3.8) is 0 Å². The summed E-state index contributed by atoms with van der Waals surface area (Å²) in [6.45, 7) is 7.38. The van der Waals surface area contributed by atoms with Gasteiger partial charge in [0.1, 0.15) is 0 Å². The number of likely N-dealkylation sites (tertiary alicyclic amines) is 1. The Morgan fingerprint density at radius 3 is 2.58 bits per heavy atom. The second-order valence-corrected chi connectivity index (χ2v) is 7.44. The highest BCUT2D eigenvalue weighted by Crippen LogP contribution is 2.38. The number of nitrogens with zero attached hydrogens (tertiary/aromatic N) is 2. The van der Waals surface area contributed by atoms with Crippen LogP contribution in [0.5, 0.6) is 0 Å². The van der Waals surface area contributed by atoms with Crippen molar-refractivity contribution in [1.29, 1.82) is 0 Å². The van der Waals surface area contributed by atoms with Crippen LogP contribution in [0.25, 0.3) is 0 Å². The normalized spacial score (nSPS) is 36.6. The molecule has 3 unspecified atom stereocenters. The summed E-state index contributed by atoms with van der Waals surface area (Å²) < 4.78 is 0. The van der Waals surface area contributed by atoms with Crippen LogP contribution >= 0.6 is 0 Å². The molecule has 2 fully saturated rings. The third kappa shape index (κ3) is 3.32. The van der Waals surface area contributed by atoms with E-state index in [0.717, 1.165) is 6.04 Å². The second-order valence-electron chi connectivity index (χ2n) is 7.44. The van der Waals surface area contributed by atoms with E-state index in [4.69, 9.17) is 0 Å². The van der Waals surface area contributed by atoms with Crippen molar-refractivity contribution >= 4 is 0 Å². The number of hydrogen-bond acceptors (Lipinski definition) is 3. The number of rotatable bonds is 3. The molecule has 19 heavy (non-hydrogen) atoms. The van der Waals surface area contributed by atoms with Crippen molar-refractivity contribution in [2.45, 2.75) is 64.1 Å². The van der Waals surface area contributed by atoms with E-state index in [1.807, 2.05) is 0 Å². The maximum absolute atomic E-state index is 3.62. The Kier molecular flexibility index (Phi) is 4.91. The zero-order valence-electron chi connectivity index (χ0n) is 13.6. The lowest BCUT2D eigenvalue weighted by atomic mass is 9.70. The van der Waals surface area contributed by atoms with Gasteiger partial charge in [-0.25, -0.2) is 0 Å². The van der Waals surface area contributed by atoms with Crippen LogP contribution in [0.4, 0.5) is 0 Å². The van der Waals surface area contributed by atoms with Gasteiger partial charge >= 0.3 is 0 Å². The maximum atomic E-state index is 3.62. The molecule has 3 heteroatoms. The lowest BCUT2D eigenvalue weighted by Crippen LogP contribution is -2.60. The molecule has 0 aromatic heterocycles. The van der Waals surface area contributed by atoms with Gasteiger partial charge in [0.2, 0.25) is 0 Å². The van der Waals surface area contributed by atoms with E-state index in [9.17, 15) is 0 Å². The predicted octanol–water partition coefficient (Wildman–Crippen LogP) is 2.18. The van der Waals surface area contributed by atoms with E-state index in [1.165, 1.54) is 45.2 Å². The second kappa shape index (κ2) is 6.11. The molecular formula is C16H33N3. The average Bonchev–Trinajstić information content (AvgIpc) is 2.36. The summed E-state index contributed by atoms with van der Waals surface area (Å²) in [5, 5.41) is 3.62. The first-order chi connectivity index (χ1) is 8.95. The molecule has 1 N–H and O–H groups in total. The molecule has 112 valence electrons. The summed E-state index contributed by atoms with van der Waals surface area (Å²) in [7, 11) is 6.77. The third-order valence-electron chi connectivity index (χ3n) is 5.56. The van der Waals surface area contributed by atoms with Crippen LogP contribution in [0.1, 0.15) is 46.0 Å². The molecule has 0 amide bonds. The minimum atomic E-state index is 0.423. The Hall–Kier alpha value is -0.120. The van der Waals surface area contributed by atoms with E-state index >= 15 is 0 Å². The van der Waals surface area contributed by atoms with E-state index in [0.29, 0.717) is 17.5 Å². The summed E-state index contributed by atoms with van der Waals surface area (Å²) in [5.41, 5.74) is 0.423. The summed E-state index contributed by atoms with van der Waals surface area (Å²) in [6.07, 6.45) is 6.81. The van der Waals surface area contributed by atoms with Gasteiger partial charge in [0.05, 0.1) is 0 Å². The summed E-state index contributed by atoms with van der Waals surface area (Å²) >= 11 is 0.